The molecule has 3 rings (SSSR count). The number of nitrogens with one attached hydrogen (secondary N) is 2. The third-order valence-electron chi connectivity index (χ3n) is 4.94. The minimum Gasteiger partial charge on any atom is -0.365 e. The summed E-state index contributed by atoms with van der Waals surface area (Å²) in [5.41, 5.74) is 0.408. The number of fused-ring (bicyclic) bond motifs is 1. The van der Waals surface area contributed by atoms with E-state index in [0.717, 1.165) is 6.42 Å². The number of rotatable bonds is 7. The van der Waals surface area contributed by atoms with E-state index in [9.17, 15) is 18.0 Å². The normalized spacial score (nSPS) is 35.0. The van der Waals surface area contributed by atoms with Crippen LogP contribution >= 0.6 is 0 Å². The number of amides is 2. The summed E-state index contributed by atoms with van der Waals surface area (Å²) in [4.78, 5) is 23.1. The summed E-state index contributed by atoms with van der Waals surface area (Å²) in [7, 11) is -3.46. The molecule has 5 unspecified atom stereocenters. The Hall–Kier alpha value is -1.45. The van der Waals surface area contributed by atoms with Crippen molar-refractivity contribution in [2.45, 2.75) is 37.2 Å². The van der Waals surface area contributed by atoms with Crippen LogP contribution in [-0.4, -0.2) is 57.4 Å². The SMILES string of the molecule is C=C(C)C(=O)NCCNC(=O)COC1C2CC3C1OS(=O)(=O)C3C2. The van der Waals surface area contributed by atoms with Gasteiger partial charge in [-0.2, -0.15) is 8.42 Å². The fourth-order valence-corrected chi connectivity index (χ4v) is 5.75. The lowest BCUT2D eigenvalue weighted by Crippen LogP contribution is -2.40. The molecule has 3 aliphatic rings. The molecule has 2 aliphatic carbocycles. The molecule has 5 atom stereocenters. The van der Waals surface area contributed by atoms with Gasteiger partial charge in [0.15, 0.2) is 0 Å². The van der Waals surface area contributed by atoms with E-state index in [1.165, 1.54) is 0 Å². The molecule has 1 aliphatic heterocycles. The second-order valence-electron chi connectivity index (χ2n) is 6.65. The first-order valence-electron chi connectivity index (χ1n) is 8.03. The zero-order valence-corrected chi connectivity index (χ0v) is 14.3. The first-order valence-corrected chi connectivity index (χ1v) is 9.51. The van der Waals surface area contributed by atoms with E-state index < -0.39 is 21.5 Å². The van der Waals surface area contributed by atoms with Gasteiger partial charge in [-0.1, -0.05) is 6.58 Å². The average Bonchev–Trinajstić information content (AvgIpc) is 3.11. The Morgan fingerprint density at radius 1 is 1.25 bits per heavy atom. The Bertz CT molecular complexity index is 661. The average molecular weight is 358 g/mol. The molecule has 3 fully saturated rings. The lowest BCUT2D eigenvalue weighted by molar-refractivity contribution is -0.131. The van der Waals surface area contributed by atoms with Crippen LogP contribution in [0.15, 0.2) is 12.2 Å². The van der Waals surface area contributed by atoms with Gasteiger partial charge in [0.05, 0.1) is 11.4 Å². The molecule has 0 spiro atoms. The van der Waals surface area contributed by atoms with Crippen molar-refractivity contribution in [2.24, 2.45) is 11.8 Å². The van der Waals surface area contributed by atoms with E-state index in [0.29, 0.717) is 18.5 Å². The molecule has 0 aromatic heterocycles. The summed E-state index contributed by atoms with van der Waals surface area (Å²) in [5, 5.41) is 4.85. The molecule has 134 valence electrons. The van der Waals surface area contributed by atoms with Gasteiger partial charge in [-0.05, 0) is 25.7 Å². The fourth-order valence-electron chi connectivity index (χ4n) is 3.86. The van der Waals surface area contributed by atoms with Crippen molar-refractivity contribution in [3.63, 3.8) is 0 Å². The maximum atomic E-state index is 11.8. The van der Waals surface area contributed by atoms with Crippen LogP contribution in [0.25, 0.3) is 0 Å². The zero-order valence-electron chi connectivity index (χ0n) is 13.5. The summed E-state index contributed by atoms with van der Waals surface area (Å²) in [6.45, 7) is 5.56. The molecule has 2 N–H and O–H groups in total. The fraction of sp³-hybridized carbons (Fsp3) is 0.733. The zero-order chi connectivity index (χ0) is 17.5. The van der Waals surface area contributed by atoms with E-state index in [1.807, 2.05) is 0 Å². The molecule has 0 aromatic carbocycles. The first kappa shape index (κ1) is 17.4. The lowest BCUT2D eigenvalue weighted by Gasteiger charge is -2.24. The Kier molecular flexibility index (Phi) is 4.67. The molecule has 2 saturated carbocycles. The van der Waals surface area contributed by atoms with Gasteiger partial charge in [0.2, 0.25) is 11.8 Å². The lowest BCUT2D eigenvalue weighted by atomic mass is 9.94. The van der Waals surface area contributed by atoms with E-state index in [4.69, 9.17) is 8.92 Å². The molecular weight excluding hydrogens is 336 g/mol. The van der Waals surface area contributed by atoms with Crippen molar-refractivity contribution >= 4 is 21.9 Å². The van der Waals surface area contributed by atoms with Gasteiger partial charge in [0.1, 0.15) is 12.7 Å². The van der Waals surface area contributed by atoms with E-state index >= 15 is 0 Å². The first-order chi connectivity index (χ1) is 11.3. The van der Waals surface area contributed by atoms with Crippen LogP contribution < -0.4 is 10.6 Å². The van der Waals surface area contributed by atoms with Gasteiger partial charge in [-0.3, -0.25) is 13.8 Å². The molecule has 9 heteroatoms. The smallest absolute Gasteiger partial charge is 0.270 e. The Labute approximate surface area is 141 Å². The predicted molar refractivity (Wildman–Crippen MR) is 84.4 cm³/mol. The van der Waals surface area contributed by atoms with Crippen molar-refractivity contribution in [2.75, 3.05) is 19.7 Å². The highest BCUT2D eigenvalue weighted by molar-refractivity contribution is 7.87. The highest BCUT2D eigenvalue weighted by Crippen LogP contribution is 2.55. The van der Waals surface area contributed by atoms with Gasteiger partial charge in [0, 0.05) is 24.6 Å². The van der Waals surface area contributed by atoms with Crippen LogP contribution in [0.2, 0.25) is 0 Å². The van der Waals surface area contributed by atoms with Gasteiger partial charge < -0.3 is 15.4 Å². The van der Waals surface area contributed by atoms with Crippen molar-refractivity contribution in [3.8, 4) is 0 Å². The largest absolute Gasteiger partial charge is 0.365 e. The molecule has 24 heavy (non-hydrogen) atoms. The summed E-state index contributed by atoms with van der Waals surface area (Å²) >= 11 is 0. The molecule has 1 saturated heterocycles. The molecule has 0 aromatic rings. The van der Waals surface area contributed by atoms with E-state index in [2.05, 4.69) is 17.2 Å². The van der Waals surface area contributed by atoms with Gasteiger partial charge in [-0.15, -0.1) is 0 Å². The van der Waals surface area contributed by atoms with Crippen molar-refractivity contribution < 1.29 is 26.9 Å². The van der Waals surface area contributed by atoms with Gasteiger partial charge in [0.25, 0.3) is 10.1 Å². The van der Waals surface area contributed by atoms with Crippen LogP contribution in [0.4, 0.5) is 0 Å². The monoisotopic (exact) mass is 358 g/mol. The van der Waals surface area contributed by atoms with Crippen LogP contribution in [0.1, 0.15) is 19.8 Å². The van der Waals surface area contributed by atoms with Crippen LogP contribution in [0.3, 0.4) is 0 Å². The predicted octanol–water partition coefficient (Wildman–Crippen LogP) is -0.683. The Balaban J connectivity index is 1.39. The highest BCUT2D eigenvalue weighted by atomic mass is 32.2. The maximum Gasteiger partial charge on any atom is 0.270 e. The number of hydrogen-bond acceptors (Lipinski definition) is 6. The van der Waals surface area contributed by atoms with Gasteiger partial charge >= 0.3 is 0 Å². The third kappa shape index (κ3) is 3.20. The van der Waals surface area contributed by atoms with Gasteiger partial charge in [-0.25, -0.2) is 0 Å². The summed E-state index contributed by atoms with van der Waals surface area (Å²) in [6.07, 6.45) is 0.565. The van der Waals surface area contributed by atoms with Crippen molar-refractivity contribution in [1.82, 2.24) is 10.6 Å². The number of hydrogen-bond donors (Lipinski definition) is 2. The number of carbonyl (C=O) groups excluding carboxylic acids is 2. The molecular formula is C15H22N2O6S. The standard InChI is InChI=1S/C15H22N2O6S/c1-8(2)15(19)17-4-3-16-12(18)7-22-13-9-5-10-11(6-9)24(20,21)23-14(10)13/h9-11,13-14H,1,3-7H2,2H3,(H,16,18)(H,17,19). The topological polar surface area (TPSA) is 111 Å². The van der Waals surface area contributed by atoms with Crippen LogP contribution in [-0.2, 0) is 28.6 Å². The minimum atomic E-state index is -3.46. The number of carbonyl (C=O) groups is 2. The maximum absolute atomic E-state index is 11.8. The van der Waals surface area contributed by atoms with E-state index in [-0.39, 0.29) is 42.9 Å². The third-order valence-corrected chi connectivity index (χ3v) is 6.72. The van der Waals surface area contributed by atoms with Crippen LogP contribution in [0, 0.1) is 11.8 Å². The molecule has 2 bridgehead atoms. The summed E-state index contributed by atoms with van der Waals surface area (Å²) < 4.78 is 34.5. The van der Waals surface area contributed by atoms with Crippen LogP contribution in [0.5, 0.6) is 0 Å². The second kappa shape index (κ2) is 6.45. The molecule has 8 nitrogen and oxygen atoms in total. The molecule has 1 heterocycles. The molecule has 0 radical (unpaired) electrons. The van der Waals surface area contributed by atoms with Crippen molar-refractivity contribution in [1.29, 1.82) is 0 Å². The Morgan fingerprint density at radius 3 is 2.67 bits per heavy atom. The second-order valence-corrected chi connectivity index (χ2v) is 8.43. The molecule has 2 amide bonds. The summed E-state index contributed by atoms with van der Waals surface area (Å²) in [5.74, 6) is -0.410. The quantitative estimate of drug-likeness (QED) is 0.354. The highest BCUT2D eigenvalue weighted by Gasteiger charge is 2.64. The summed E-state index contributed by atoms with van der Waals surface area (Å²) in [6, 6.07) is 0. The minimum absolute atomic E-state index is 0.00502. The Morgan fingerprint density at radius 2 is 1.96 bits per heavy atom. The van der Waals surface area contributed by atoms with Crippen molar-refractivity contribution in [3.05, 3.63) is 12.2 Å². The number of ether oxygens (including phenoxy) is 1. The van der Waals surface area contributed by atoms with E-state index in [1.54, 1.807) is 6.92 Å².